The zero-order chi connectivity index (χ0) is 14.9. The number of benzene rings is 2. The van der Waals surface area contributed by atoms with Crippen LogP contribution in [0.25, 0.3) is 0 Å². The van der Waals surface area contributed by atoms with Gasteiger partial charge in [0.2, 0.25) is 0 Å². The van der Waals surface area contributed by atoms with E-state index in [1.165, 1.54) is 0 Å². The molecule has 0 heterocycles. The van der Waals surface area contributed by atoms with Crippen molar-refractivity contribution in [1.82, 2.24) is 0 Å². The summed E-state index contributed by atoms with van der Waals surface area (Å²) in [5.41, 5.74) is 7.29. The Balaban J connectivity index is 2.40. The Hall–Kier alpha value is -1.65. The average molecular weight is 298 g/mol. The molecule has 0 unspecified atom stereocenters. The monoisotopic (exact) mass is 297 g/mol. The summed E-state index contributed by atoms with van der Waals surface area (Å²) in [7, 11) is 0. The third kappa shape index (κ3) is 2.92. The van der Waals surface area contributed by atoms with Crippen molar-refractivity contribution in [2.75, 3.05) is 0 Å². The maximum Gasteiger partial charge on any atom is 0.198 e. The number of rotatable bonds is 3. The molecule has 0 bridgehead atoms. The summed E-state index contributed by atoms with van der Waals surface area (Å²) in [5, 5.41) is 0.608. The second kappa shape index (κ2) is 5.77. The molecule has 2 rings (SSSR count). The molecule has 0 radical (unpaired) electrons. The number of hydrogen-bond donors (Lipinski definition) is 1. The zero-order valence-electron chi connectivity index (χ0n) is 11.1. The molecule has 0 spiro atoms. The quantitative estimate of drug-likeness (QED) is 0.906. The van der Waals surface area contributed by atoms with Crippen molar-refractivity contribution < 1.29 is 13.5 Å². The van der Waals surface area contributed by atoms with Crippen molar-refractivity contribution in [3.05, 3.63) is 57.6 Å². The molecule has 0 fully saturated rings. The first-order valence-corrected chi connectivity index (χ1v) is 6.42. The van der Waals surface area contributed by atoms with Gasteiger partial charge in [-0.05, 0) is 54.8 Å². The van der Waals surface area contributed by atoms with Crippen LogP contribution in [-0.2, 0) is 6.54 Å². The van der Waals surface area contributed by atoms with Crippen molar-refractivity contribution in [3.63, 3.8) is 0 Å². The fourth-order valence-corrected chi connectivity index (χ4v) is 2.02. The molecule has 5 heteroatoms. The van der Waals surface area contributed by atoms with E-state index in [9.17, 15) is 8.78 Å². The Morgan fingerprint density at radius 2 is 1.55 bits per heavy atom. The predicted molar refractivity (Wildman–Crippen MR) is 75.2 cm³/mol. The van der Waals surface area contributed by atoms with Crippen LogP contribution in [0, 0.1) is 25.5 Å². The summed E-state index contributed by atoms with van der Waals surface area (Å²) in [6.07, 6.45) is 0. The van der Waals surface area contributed by atoms with E-state index < -0.39 is 17.4 Å². The minimum atomic E-state index is -0.782. The van der Waals surface area contributed by atoms with Crippen LogP contribution >= 0.6 is 11.6 Å². The van der Waals surface area contributed by atoms with E-state index in [1.54, 1.807) is 26.0 Å². The van der Waals surface area contributed by atoms with Gasteiger partial charge in [0.25, 0.3) is 0 Å². The van der Waals surface area contributed by atoms with Crippen LogP contribution in [0.1, 0.15) is 16.7 Å². The molecule has 2 aromatic carbocycles. The van der Waals surface area contributed by atoms with Gasteiger partial charge in [-0.2, -0.15) is 0 Å². The van der Waals surface area contributed by atoms with Crippen LogP contribution in [0.15, 0.2) is 24.3 Å². The molecule has 0 aliphatic heterocycles. The third-order valence-electron chi connectivity index (χ3n) is 2.92. The van der Waals surface area contributed by atoms with Gasteiger partial charge in [0.05, 0.1) is 0 Å². The number of halogens is 3. The number of hydrogen-bond acceptors (Lipinski definition) is 2. The lowest BCUT2D eigenvalue weighted by Crippen LogP contribution is -2.00. The summed E-state index contributed by atoms with van der Waals surface area (Å²) in [5.74, 6) is -1.67. The highest BCUT2D eigenvalue weighted by atomic mass is 35.5. The SMILES string of the molecule is Cc1cc(Oc2c(F)cc(CN)cc2F)cc(C)c1Cl. The van der Waals surface area contributed by atoms with Crippen LogP contribution in [0.4, 0.5) is 8.78 Å². The van der Waals surface area contributed by atoms with Crippen LogP contribution in [0.2, 0.25) is 5.02 Å². The Morgan fingerprint density at radius 3 is 2.00 bits per heavy atom. The van der Waals surface area contributed by atoms with E-state index in [1.807, 2.05) is 0 Å². The van der Waals surface area contributed by atoms with Gasteiger partial charge in [0, 0.05) is 11.6 Å². The molecule has 0 aliphatic rings. The molecule has 20 heavy (non-hydrogen) atoms. The Morgan fingerprint density at radius 1 is 1.05 bits per heavy atom. The largest absolute Gasteiger partial charge is 0.451 e. The van der Waals surface area contributed by atoms with Gasteiger partial charge in [-0.15, -0.1) is 0 Å². The lowest BCUT2D eigenvalue weighted by atomic mass is 10.1. The van der Waals surface area contributed by atoms with E-state index >= 15 is 0 Å². The molecule has 106 valence electrons. The second-order valence-electron chi connectivity index (χ2n) is 4.57. The molecule has 2 nitrogen and oxygen atoms in total. The van der Waals surface area contributed by atoms with Gasteiger partial charge in [0.1, 0.15) is 5.75 Å². The molecule has 0 saturated heterocycles. The van der Waals surface area contributed by atoms with Crippen molar-refractivity contribution in [1.29, 1.82) is 0 Å². The second-order valence-corrected chi connectivity index (χ2v) is 4.94. The van der Waals surface area contributed by atoms with Crippen LogP contribution in [-0.4, -0.2) is 0 Å². The molecule has 2 aromatic rings. The third-order valence-corrected chi connectivity index (χ3v) is 3.52. The van der Waals surface area contributed by atoms with Crippen molar-refractivity contribution in [2.24, 2.45) is 5.73 Å². The van der Waals surface area contributed by atoms with Gasteiger partial charge < -0.3 is 10.5 Å². The van der Waals surface area contributed by atoms with Crippen LogP contribution < -0.4 is 10.5 Å². The molecule has 0 amide bonds. The molecule has 0 aromatic heterocycles. The van der Waals surface area contributed by atoms with Gasteiger partial charge in [0.15, 0.2) is 17.4 Å². The van der Waals surface area contributed by atoms with Crippen LogP contribution in [0.5, 0.6) is 11.5 Å². The lowest BCUT2D eigenvalue weighted by molar-refractivity contribution is 0.406. The standard InChI is InChI=1S/C15H14ClF2NO/c1-8-3-11(4-9(2)14(8)16)20-15-12(17)5-10(7-19)6-13(15)18/h3-6H,7,19H2,1-2H3. The van der Waals surface area contributed by atoms with Crippen LogP contribution in [0.3, 0.4) is 0 Å². The first kappa shape index (κ1) is 14.8. The molecule has 0 atom stereocenters. The molecule has 2 N–H and O–H groups in total. The molecular weight excluding hydrogens is 284 g/mol. The topological polar surface area (TPSA) is 35.2 Å². The lowest BCUT2D eigenvalue weighted by Gasteiger charge is -2.12. The highest BCUT2D eigenvalue weighted by Gasteiger charge is 2.14. The zero-order valence-corrected chi connectivity index (χ0v) is 11.9. The minimum Gasteiger partial charge on any atom is -0.451 e. The highest BCUT2D eigenvalue weighted by molar-refractivity contribution is 6.32. The summed E-state index contributed by atoms with van der Waals surface area (Å²) in [6, 6.07) is 5.58. The first-order chi connectivity index (χ1) is 9.42. The first-order valence-electron chi connectivity index (χ1n) is 6.05. The smallest absolute Gasteiger partial charge is 0.198 e. The predicted octanol–water partition coefficient (Wildman–Crippen LogP) is 4.49. The van der Waals surface area contributed by atoms with Crippen molar-refractivity contribution in [2.45, 2.75) is 20.4 Å². The van der Waals surface area contributed by atoms with Gasteiger partial charge in [-0.25, -0.2) is 8.78 Å². The van der Waals surface area contributed by atoms with E-state index in [0.29, 0.717) is 16.3 Å². The number of nitrogens with two attached hydrogens (primary N) is 1. The maximum atomic E-state index is 13.8. The highest BCUT2D eigenvalue weighted by Crippen LogP contribution is 2.32. The van der Waals surface area contributed by atoms with E-state index in [2.05, 4.69) is 0 Å². The van der Waals surface area contributed by atoms with Crippen molar-refractivity contribution in [3.8, 4) is 11.5 Å². The molecular formula is C15H14ClF2NO. The average Bonchev–Trinajstić information content (AvgIpc) is 2.39. The minimum absolute atomic E-state index is 0.0628. The normalized spacial score (nSPS) is 10.7. The molecule has 0 saturated carbocycles. The number of ether oxygens (including phenoxy) is 1. The van der Waals surface area contributed by atoms with E-state index in [-0.39, 0.29) is 6.54 Å². The summed E-state index contributed by atoms with van der Waals surface area (Å²) in [4.78, 5) is 0. The van der Waals surface area contributed by atoms with E-state index in [4.69, 9.17) is 22.1 Å². The maximum absolute atomic E-state index is 13.8. The van der Waals surface area contributed by atoms with Gasteiger partial charge >= 0.3 is 0 Å². The fourth-order valence-electron chi connectivity index (χ4n) is 1.91. The van der Waals surface area contributed by atoms with E-state index in [0.717, 1.165) is 23.3 Å². The fraction of sp³-hybridized carbons (Fsp3) is 0.200. The Labute approximate surface area is 121 Å². The van der Waals surface area contributed by atoms with Gasteiger partial charge in [-0.1, -0.05) is 11.6 Å². The van der Waals surface area contributed by atoms with Gasteiger partial charge in [-0.3, -0.25) is 0 Å². The Kier molecular flexibility index (Phi) is 4.26. The summed E-state index contributed by atoms with van der Waals surface area (Å²) >= 11 is 6.04. The summed E-state index contributed by atoms with van der Waals surface area (Å²) < 4.78 is 32.9. The number of aryl methyl sites for hydroxylation is 2. The summed E-state index contributed by atoms with van der Waals surface area (Å²) in [6.45, 7) is 3.66. The molecule has 0 aliphatic carbocycles. The Bertz CT molecular complexity index is 612. The van der Waals surface area contributed by atoms with Crippen molar-refractivity contribution >= 4 is 11.6 Å².